The molecule has 2 N–H and O–H groups in total. The fraction of sp³-hybridized carbons (Fsp3) is 0.538. The highest BCUT2D eigenvalue weighted by Gasteiger charge is 2.21. The molecule has 0 unspecified atom stereocenters. The van der Waals surface area contributed by atoms with Gasteiger partial charge in [-0.25, -0.2) is 9.97 Å². The van der Waals surface area contributed by atoms with Crippen molar-refractivity contribution in [1.82, 2.24) is 15.3 Å². The Morgan fingerprint density at radius 2 is 2.17 bits per heavy atom. The highest BCUT2D eigenvalue weighted by atomic mass is 32.1. The minimum atomic E-state index is 0.0169. The summed E-state index contributed by atoms with van der Waals surface area (Å²) in [4.78, 5) is 11.4. The zero-order valence-electron chi connectivity index (χ0n) is 11.0. The molecular formula is C13H18N4S. The lowest BCUT2D eigenvalue weighted by Gasteiger charge is -2.22. The van der Waals surface area contributed by atoms with Crippen molar-refractivity contribution < 1.29 is 0 Å². The monoisotopic (exact) mass is 262 g/mol. The summed E-state index contributed by atoms with van der Waals surface area (Å²) >= 11 is 1.79. The minimum Gasteiger partial charge on any atom is -0.365 e. The molecule has 0 radical (unpaired) electrons. The first kappa shape index (κ1) is 11.9. The molecule has 18 heavy (non-hydrogen) atoms. The van der Waals surface area contributed by atoms with E-state index in [9.17, 15) is 0 Å². The number of nitrogens with one attached hydrogen (secondary N) is 2. The Morgan fingerprint density at radius 1 is 1.33 bits per heavy atom. The molecule has 3 heterocycles. The molecule has 0 saturated heterocycles. The van der Waals surface area contributed by atoms with Crippen LogP contribution in [0.15, 0.2) is 6.33 Å². The van der Waals surface area contributed by atoms with E-state index in [1.54, 1.807) is 17.7 Å². The third-order valence-corrected chi connectivity index (χ3v) is 4.14. The van der Waals surface area contributed by atoms with Crippen molar-refractivity contribution in [1.29, 1.82) is 0 Å². The van der Waals surface area contributed by atoms with Gasteiger partial charge in [-0.1, -0.05) is 0 Å². The Morgan fingerprint density at radius 3 is 2.94 bits per heavy atom. The van der Waals surface area contributed by atoms with E-state index in [1.165, 1.54) is 15.8 Å². The van der Waals surface area contributed by atoms with E-state index in [0.29, 0.717) is 0 Å². The summed E-state index contributed by atoms with van der Waals surface area (Å²) in [5.41, 5.74) is 1.45. The number of hydrogen-bond donors (Lipinski definition) is 2. The second-order valence-electron chi connectivity index (χ2n) is 5.71. The Balaban J connectivity index is 2.17. The van der Waals surface area contributed by atoms with Gasteiger partial charge in [0, 0.05) is 17.0 Å². The van der Waals surface area contributed by atoms with Gasteiger partial charge in [-0.2, -0.15) is 0 Å². The number of thiophene rings is 1. The molecule has 2 aromatic rings. The fourth-order valence-electron chi connectivity index (χ4n) is 2.31. The smallest absolute Gasteiger partial charge is 0.138 e. The molecule has 0 amide bonds. The van der Waals surface area contributed by atoms with Gasteiger partial charge >= 0.3 is 0 Å². The Hall–Kier alpha value is -1.20. The van der Waals surface area contributed by atoms with Crippen LogP contribution in [-0.4, -0.2) is 22.1 Å². The fourth-order valence-corrected chi connectivity index (χ4v) is 3.47. The standard InChI is InChI=1S/C13H18N4S/c1-13(2,3)17-11-10-8-4-5-14-6-9(8)18-12(10)16-7-15-11/h7,14H,4-6H2,1-3H3,(H,15,16,17). The summed E-state index contributed by atoms with van der Waals surface area (Å²) < 4.78 is 0. The normalized spacial score (nSPS) is 15.7. The van der Waals surface area contributed by atoms with Crippen molar-refractivity contribution in [2.45, 2.75) is 39.3 Å². The first-order valence-corrected chi connectivity index (χ1v) is 7.10. The van der Waals surface area contributed by atoms with Crippen LogP contribution in [0.25, 0.3) is 10.2 Å². The number of nitrogens with zero attached hydrogens (tertiary/aromatic N) is 2. The molecule has 0 spiro atoms. The van der Waals surface area contributed by atoms with Crippen LogP contribution in [0.3, 0.4) is 0 Å². The second-order valence-corrected chi connectivity index (χ2v) is 6.79. The van der Waals surface area contributed by atoms with E-state index in [0.717, 1.165) is 30.2 Å². The second kappa shape index (κ2) is 4.17. The molecule has 0 aliphatic carbocycles. The number of fused-ring (bicyclic) bond motifs is 3. The molecule has 4 nitrogen and oxygen atoms in total. The summed E-state index contributed by atoms with van der Waals surface area (Å²) in [6.45, 7) is 8.47. The van der Waals surface area contributed by atoms with Gasteiger partial charge in [-0.3, -0.25) is 0 Å². The van der Waals surface area contributed by atoms with Gasteiger partial charge in [0.15, 0.2) is 0 Å². The van der Waals surface area contributed by atoms with Crippen molar-refractivity contribution in [3.8, 4) is 0 Å². The topological polar surface area (TPSA) is 49.8 Å². The average molecular weight is 262 g/mol. The largest absolute Gasteiger partial charge is 0.365 e. The predicted octanol–water partition coefficient (Wildman–Crippen LogP) is 2.55. The summed E-state index contributed by atoms with van der Waals surface area (Å²) in [6.07, 6.45) is 2.73. The minimum absolute atomic E-state index is 0.0169. The molecule has 0 saturated carbocycles. The summed E-state index contributed by atoms with van der Waals surface area (Å²) in [6, 6.07) is 0. The quantitative estimate of drug-likeness (QED) is 0.829. The van der Waals surface area contributed by atoms with Gasteiger partial charge in [0.2, 0.25) is 0 Å². The van der Waals surface area contributed by atoms with Crippen molar-refractivity contribution in [3.05, 3.63) is 16.8 Å². The van der Waals surface area contributed by atoms with Crippen molar-refractivity contribution >= 4 is 27.4 Å². The molecule has 0 fully saturated rings. The van der Waals surface area contributed by atoms with Gasteiger partial charge < -0.3 is 10.6 Å². The van der Waals surface area contributed by atoms with Crippen molar-refractivity contribution in [3.63, 3.8) is 0 Å². The molecule has 5 heteroatoms. The van der Waals surface area contributed by atoms with Crippen LogP contribution in [0.4, 0.5) is 5.82 Å². The maximum Gasteiger partial charge on any atom is 0.138 e. The molecule has 0 bridgehead atoms. The molecule has 0 aromatic carbocycles. The first-order valence-electron chi connectivity index (χ1n) is 6.29. The Labute approximate surface area is 111 Å². The molecular weight excluding hydrogens is 244 g/mol. The zero-order valence-corrected chi connectivity index (χ0v) is 11.8. The van der Waals surface area contributed by atoms with E-state index in [1.807, 2.05) is 0 Å². The van der Waals surface area contributed by atoms with E-state index < -0.39 is 0 Å². The lowest BCUT2D eigenvalue weighted by molar-refractivity contribution is 0.630. The van der Waals surface area contributed by atoms with E-state index >= 15 is 0 Å². The number of hydrogen-bond acceptors (Lipinski definition) is 5. The van der Waals surface area contributed by atoms with Gasteiger partial charge in [0.05, 0.1) is 5.39 Å². The maximum atomic E-state index is 4.44. The number of rotatable bonds is 1. The van der Waals surface area contributed by atoms with Crippen molar-refractivity contribution in [2.75, 3.05) is 11.9 Å². The molecule has 3 rings (SSSR count). The molecule has 1 aliphatic rings. The Kier molecular flexibility index (Phi) is 2.75. The summed E-state index contributed by atoms with van der Waals surface area (Å²) in [7, 11) is 0. The SMILES string of the molecule is CC(C)(C)Nc1ncnc2sc3c(c12)CCNC3. The lowest BCUT2D eigenvalue weighted by atomic mass is 10.0. The van der Waals surface area contributed by atoms with Crippen LogP contribution >= 0.6 is 11.3 Å². The van der Waals surface area contributed by atoms with Gasteiger partial charge in [0.25, 0.3) is 0 Å². The van der Waals surface area contributed by atoms with Gasteiger partial charge in [-0.05, 0) is 39.3 Å². The maximum absolute atomic E-state index is 4.44. The molecule has 1 aliphatic heterocycles. The van der Waals surface area contributed by atoms with Crippen LogP contribution < -0.4 is 10.6 Å². The number of aromatic nitrogens is 2. The average Bonchev–Trinajstić information content (AvgIpc) is 2.66. The zero-order chi connectivity index (χ0) is 12.8. The highest BCUT2D eigenvalue weighted by Crippen LogP contribution is 2.36. The highest BCUT2D eigenvalue weighted by molar-refractivity contribution is 7.18. The van der Waals surface area contributed by atoms with Gasteiger partial charge in [0.1, 0.15) is 17.0 Å². The van der Waals surface area contributed by atoms with Crippen LogP contribution in [0.5, 0.6) is 0 Å². The van der Waals surface area contributed by atoms with Crippen LogP contribution in [0.2, 0.25) is 0 Å². The van der Waals surface area contributed by atoms with Gasteiger partial charge in [-0.15, -0.1) is 11.3 Å². The van der Waals surface area contributed by atoms with Crippen LogP contribution in [0, 0.1) is 0 Å². The molecule has 2 aromatic heterocycles. The molecule has 96 valence electrons. The summed E-state index contributed by atoms with van der Waals surface area (Å²) in [5.74, 6) is 0.979. The molecule has 0 atom stereocenters. The first-order chi connectivity index (χ1) is 8.54. The van der Waals surface area contributed by atoms with Crippen LogP contribution in [-0.2, 0) is 13.0 Å². The Bertz CT molecular complexity index is 582. The summed E-state index contributed by atoms with van der Waals surface area (Å²) in [5, 5.41) is 8.14. The van der Waals surface area contributed by atoms with Crippen LogP contribution in [0.1, 0.15) is 31.2 Å². The van der Waals surface area contributed by atoms with E-state index in [2.05, 4.69) is 41.4 Å². The van der Waals surface area contributed by atoms with E-state index in [-0.39, 0.29) is 5.54 Å². The number of anilines is 1. The third-order valence-electron chi connectivity index (χ3n) is 3.00. The third kappa shape index (κ3) is 2.08. The van der Waals surface area contributed by atoms with E-state index in [4.69, 9.17) is 0 Å². The van der Waals surface area contributed by atoms with Crippen molar-refractivity contribution in [2.24, 2.45) is 0 Å². The predicted molar refractivity (Wildman–Crippen MR) is 76.2 cm³/mol. The lowest BCUT2D eigenvalue weighted by Crippen LogP contribution is -2.27.